The van der Waals surface area contributed by atoms with E-state index in [0.717, 1.165) is 17.7 Å². The van der Waals surface area contributed by atoms with Gasteiger partial charge in [-0.25, -0.2) is 18.0 Å². The summed E-state index contributed by atoms with van der Waals surface area (Å²) in [7, 11) is 0. The maximum atomic E-state index is 13.7. The minimum atomic E-state index is -1.50. The highest BCUT2D eigenvalue weighted by atomic mass is 19.2. The molecule has 0 fully saturated rings. The van der Waals surface area contributed by atoms with E-state index in [1.807, 2.05) is 0 Å². The van der Waals surface area contributed by atoms with Crippen molar-refractivity contribution in [2.24, 2.45) is 0 Å². The molecule has 0 unspecified atom stereocenters. The molecule has 5 heteroatoms. The third-order valence-corrected chi connectivity index (χ3v) is 3.15. The molecule has 2 aromatic carbocycles. The molecule has 0 saturated heterocycles. The van der Waals surface area contributed by atoms with Gasteiger partial charge < -0.3 is 5.11 Å². The Morgan fingerprint density at radius 1 is 1.05 bits per heavy atom. The van der Waals surface area contributed by atoms with Gasteiger partial charge in [-0.3, -0.25) is 0 Å². The second kappa shape index (κ2) is 6.47. The van der Waals surface area contributed by atoms with Crippen molar-refractivity contribution in [2.75, 3.05) is 0 Å². The van der Waals surface area contributed by atoms with E-state index in [1.54, 1.807) is 31.2 Å². The Hall–Kier alpha value is -2.56. The number of hydrogen-bond acceptors (Lipinski definition) is 1. The maximum absolute atomic E-state index is 13.7. The molecule has 114 valence electrons. The quantitative estimate of drug-likeness (QED) is 0.674. The molecule has 0 aliphatic heterocycles. The van der Waals surface area contributed by atoms with Crippen molar-refractivity contribution in [2.45, 2.75) is 13.3 Å². The molecule has 0 heterocycles. The summed E-state index contributed by atoms with van der Waals surface area (Å²) in [5, 5.41) is 8.65. The minimum absolute atomic E-state index is 0.0248. The van der Waals surface area contributed by atoms with Gasteiger partial charge in [-0.15, -0.1) is 0 Å². The Balaban J connectivity index is 2.26. The number of carbonyl (C=O) groups is 1. The fraction of sp³-hybridized carbons (Fsp3) is 0.118. The molecule has 0 amide bonds. The molecule has 2 nitrogen and oxygen atoms in total. The van der Waals surface area contributed by atoms with E-state index >= 15 is 0 Å². The zero-order valence-corrected chi connectivity index (χ0v) is 11.7. The Kier molecular flexibility index (Phi) is 4.65. The topological polar surface area (TPSA) is 37.3 Å². The van der Waals surface area contributed by atoms with Crippen molar-refractivity contribution < 1.29 is 23.1 Å². The van der Waals surface area contributed by atoms with Crippen LogP contribution in [-0.2, 0) is 11.2 Å². The fourth-order valence-electron chi connectivity index (χ4n) is 2.13. The van der Waals surface area contributed by atoms with Crippen molar-refractivity contribution in [3.8, 4) is 11.1 Å². The molecule has 0 aliphatic carbocycles. The van der Waals surface area contributed by atoms with Crippen LogP contribution >= 0.6 is 0 Å². The predicted octanol–water partition coefficient (Wildman–Crippen LogP) is 4.34. The van der Waals surface area contributed by atoms with Gasteiger partial charge in [-0.1, -0.05) is 29.8 Å². The number of aliphatic carboxylic acids is 1. The monoisotopic (exact) mass is 306 g/mol. The Morgan fingerprint density at radius 3 is 2.27 bits per heavy atom. The standard InChI is InChI=1S/C17H13F3O2/c1-10(9-15(21)22)8-11-2-4-12(5-3-11)13-6-7-14(18)17(20)16(13)19/h2-7,9H,8H2,1H3,(H,21,22)/b10-9+. The molecule has 0 aliphatic rings. The van der Waals surface area contributed by atoms with Crippen molar-refractivity contribution >= 4 is 5.97 Å². The van der Waals surface area contributed by atoms with Gasteiger partial charge >= 0.3 is 5.97 Å². The number of carboxylic acids is 1. The van der Waals surface area contributed by atoms with Gasteiger partial charge in [0.15, 0.2) is 17.5 Å². The molecule has 2 rings (SSSR count). The Morgan fingerprint density at radius 2 is 1.68 bits per heavy atom. The molecule has 0 spiro atoms. The van der Waals surface area contributed by atoms with Crippen LogP contribution in [0.2, 0.25) is 0 Å². The summed E-state index contributed by atoms with van der Waals surface area (Å²) in [4.78, 5) is 10.6. The van der Waals surface area contributed by atoms with Gasteiger partial charge in [0.25, 0.3) is 0 Å². The second-order valence-electron chi connectivity index (χ2n) is 4.93. The summed E-state index contributed by atoms with van der Waals surface area (Å²) < 4.78 is 39.9. The van der Waals surface area contributed by atoms with Crippen LogP contribution in [0, 0.1) is 17.5 Å². The smallest absolute Gasteiger partial charge is 0.328 e. The average molecular weight is 306 g/mol. The average Bonchev–Trinajstić information content (AvgIpc) is 2.45. The van der Waals surface area contributed by atoms with E-state index in [4.69, 9.17) is 5.11 Å². The predicted molar refractivity (Wildman–Crippen MR) is 76.8 cm³/mol. The van der Waals surface area contributed by atoms with Crippen LogP contribution in [0.25, 0.3) is 11.1 Å². The third kappa shape index (κ3) is 3.55. The summed E-state index contributed by atoms with van der Waals surface area (Å²) >= 11 is 0. The van der Waals surface area contributed by atoms with Crippen LogP contribution in [0.15, 0.2) is 48.0 Å². The molecule has 0 saturated carbocycles. The van der Waals surface area contributed by atoms with Crippen LogP contribution in [0.3, 0.4) is 0 Å². The number of rotatable bonds is 4. The molecule has 22 heavy (non-hydrogen) atoms. The fourth-order valence-corrected chi connectivity index (χ4v) is 2.13. The molecule has 0 bridgehead atoms. The van der Waals surface area contributed by atoms with Gasteiger partial charge in [-0.05, 0) is 36.6 Å². The van der Waals surface area contributed by atoms with Crippen LogP contribution in [0.1, 0.15) is 12.5 Å². The summed E-state index contributed by atoms with van der Waals surface area (Å²) in [5.74, 6) is -4.97. The van der Waals surface area contributed by atoms with Gasteiger partial charge in [0.05, 0.1) is 0 Å². The number of hydrogen-bond donors (Lipinski definition) is 1. The first-order valence-corrected chi connectivity index (χ1v) is 6.51. The number of halogens is 3. The number of carboxylic acid groups (broad SMARTS) is 1. The molecule has 0 radical (unpaired) electrons. The summed E-state index contributed by atoms with van der Waals surface area (Å²) in [6.07, 6.45) is 1.55. The maximum Gasteiger partial charge on any atom is 0.328 e. The SMILES string of the molecule is C/C(=C\C(=O)O)Cc1ccc(-c2ccc(F)c(F)c2F)cc1. The largest absolute Gasteiger partial charge is 0.478 e. The zero-order chi connectivity index (χ0) is 16.3. The lowest BCUT2D eigenvalue weighted by molar-refractivity contribution is -0.131. The molecular weight excluding hydrogens is 293 g/mol. The highest BCUT2D eigenvalue weighted by Gasteiger charge is 2.14. The molecular formula is C17H13F3O2. The first-order valence-electron chi connectivity index (χ1n) is 6.51. The molecule has 2 aromatic rings. The van der Waals surface area contributed by atoms with E-state index < -0.39 is 23.4 Å². The summed E-state index contributed by atoms with van der Waals surface area (Å²) in [6, 6.07) is 8.60. The first kappa shape index (κ1) is 15.8. The molecule has 0 aromatic heterocycles. The molecule has 1 N–H and O–H groups in total. The number of benzene rings is 2. The van der Waals surface area contributed by atoms with Gasteiger partial charge in [-0.2, -0.15) is 0 Å². The summed E-state index contributed by atoms with van der Waals surface area (Å²) in [5.41, 5.74) is 1.89. The van der Waals surface area contributed by atoms with Crippen LogP contribution in [0.4, 0.5) is 13.2 Å². The highest BCUT2D eigenvalue weighted by Crippen LogP contribution is 2.26. The normalized spacial score (nSPS) is 11.5. The number of allylic oxidation sites excluding steroid dienone is 1. The lowest BCUT2D eigenvalue weighted by Crippen LogP contribution is -1.95. The van der Waals surface area contributed by atoms with Crippen molar-refractivity contribution in [3.05, 3.63) is 71.1 Å². The third-order valence-electron chi connectivity index (χ3n) is 3.15. The molecule has 0 atom stereocenters. The van der Waals surface area contributed by atoms with Crippen LogP contribution < -0.4 is 0 Å². The van der Waals surface area contributed by atoms with Gasteiger partial charge in [0.1, 0.15) is 0 Å². The van der Waals surface area contributed by atoms with Gasteiger partial charge in [0, 0.05) is 11.6 Å². The minimum Gasteiger partial charge on any atom is -0.478 e. The Bertz CT molecular complexity index is 734. The highest BCUT2D eigenvalue weighted by molar-refractivity contribution is 5.80. The van der Waals surface area contributed by atoms with Crippen molar-refractivity contribution in [1.29, 1.82) is 0 Å². The lowest BCUT2D eigenvalue weighted by atomic mass is 10.00. The van der Waals surface area contributed by atoms with Crippen LogP contribution in [0.5, 0.6) is 0 Å². The van der Waals surface area contributed by atoms with E-state index in [-0.39, 0.29) is 5.56 Å². The van der Waals surface area contributed by atoms with E-state index in [0.29, 0.717) is 17.6 Å². The summed E-state index contributed by atoms with van der Waals surface area (Å²) in [6.45, 7) is 1.69. The van der Waals surface area contributed by atoms with E-state index in [1.165, 1.54) is 6.07 Å². The second-order valence-corrected chi connectivity index (χ2v) is 4.93. The van der Waals surface area contributed by atoms with Gasteiger partial charge in [0.2, 0.25) is 0 Å². The van der Waals surface area contributed by atoms with E-state index in [9.17, 15) is 18.0 Å². The van der Waals surface area contributed by atoms with E-state index in [2.05, 4.69) is 0 Å². The van der Waals surface area contributed by atoms with Crippen molar-refractivity contribution in [1.82, 2.24) is 0 Å². The lowest BCUT2D eigenvalue weighted by Gasteiger charge is -2.07. The van der Waals surface area contributed by atoms with Crippen LogP contribution in [-0.4, -0.2) is 11.1 Å². The zero-order valence-electron chi connectivity index (χ0n) is 11.7. The van der Waals surface area contributed by atoms with Crippen molar-refractivity contribution in [3.63, 3.8) is 0 Å². The first-order chi connectivity index (χ1) is 10.4. The Labute approximate surface area is 125 Å².